The monoisotopic (exact) mass is 194 g/mol. The van der Waals surface area contributed by atoms with E-state index in [2.05, 4.69) is 0 Å². The summed E-state index contributed by atoms with van der Waals surface area (Å²) in [6.45, 7) is 0. The van der Waals surface area contributed by atoms with E-state index in [0.717, 1.165) is 31.4 Å². The molecule has 14 heavy (non-hydrogen) atoms. The van der Waals surface area contributed by atoms with Gasteiger partial charge in [0.05, 0.1) is 11.7 Å². The van der Waals surface area contributed by atoms with Crippen LogP contribution in [-0.4, -0.2) is 11.1 Å². The van der Waals surface area contributed by atoms with Gasteiger partial charge < -0.3 is 9.52 Å². The minimum absolute atomic E-state index is 0.537. The lowest BCUT2D eigenvalue weighted by molar-refractivity contribution is -0.148. The van der Waals surface area contributed by atoms with Crippen LogP contribution in [0.25, 0.3) is 0 Å². The Morgan fingerprint density at radius 3 is 2.71 bits per heavy atom. The van der Waals surface area contributed by atoms with E-state index in [1.807, 2.05) is 6.07 Å². The van der Waals surface area contributed by atoms with Crippen molar-refractivity contribution in [3.8, 4) is 0 Å². The lowest BCUT2D eigenvalue weighted by Gasteiger charge is -2.22. The van der Waals surface area contributed by atoms with Crippen LogP contribution in [0.1, 0.15) is 31.4 Å². The normalized spacial score (nSPS) is 19.7. The average molecular weight is 194 g/mol. The quantitative estimate of drug-likeness (QED) is 0.804. The van der Waals surface area contributed by atoms with Gasteiger partial charge in [0.25, 0.3) is 0 Å². The second kappa shape index (κ2) is 3.48. The molecule has 0 atom stereocenters. The third kappa shape index (κ3) is 1.54. The standard InChI is InChI=1S/C11H14O3/c12-10(13)11(5-1-2-6-11)8-9-4-3-7-14-9/h3-4,7H,1-2,5-6,8H2,(H,12,13). The third-order valence-corrected chi connectivity index (χ3v) is 3.11. The number of carboxylic acids is 1. The molecule has 0 aromatic carbocycles. The predicted molar refractivity (Wildman–Crippen MR) is 50.9 cm³/mol. The molecule has 0 radical (unpaired) electrons. The molecule has 0 bridgehead atoms. The molecule has 3 nitrogen and oxygen atoms in total. The molecule has 1 N–H and O–H groups in total. The van der Waals surface area contributed by atoms with Gasteiger partial charge in [-0.05, 0) is 25.0 Å². The summed E-state index contributed by atoms with van der Waals surface area (Å²) in [6, 6.07) is 3.66. The first-order chi connectivity index (χ1) is 6.73. The van der Waals surface area contributed by atoms with Crippen molar-refractivity contribution in [1.82, 2.24) is 0 Å². The van der Waals surface area contributed by atoms with E-state index < -0.39 is 11.4 Å². The van der Waals surface area contributed by atoms with E-state index in [1.54, 1.807) is 12.3 Å². The second-order valence-electron chi connectivity index (χ2n) is 4.05. The van der Waals surface area contributed by atoms with Crippen LogP contribution < -0.4 is 0 Å². The van der Waals surface area contributed by atoms with Crippen LogP contribution in [0.15, 0.2) is 22.8 Å². The second-order valence-corrected chi connectivity index (χ2v) is 4.05. The minimum atomic E-state index is -0.675. The van der Waals surface area contributed by atoms with Crippen molar-refractivity contribution in [1.29, 1.82) is 0 Å². The number of hydrogen-bond acceptors (Lipinski definition) is 2. The van der Waals surface area contributed by atoms with Crippen molar-refractivity contribution in [2.24, 2.45) is 5.41 Å². The summed E-state index contributed by atoms with van der Waals surface area (Å²) in [5, 5.41) is 9.22. The van der Waals surface area contributed by atoms with Crippen molar-refractivity contribution in [2.75, 3.05) is 0 Å². The van der Waals surface area contributed by atoms with Crippen LogP contribution >= 0.6 is 0 Å². The number of carboxylic acid groups (broad SMARTS) is 1. The van der Waals surface area contributed by atoms with Crippen LogP contribution in [0, 0.1) is 5.41 Å². The maximum Gasteiger partial charge on any atom is 0.310 e. The molecule has 0 saturated heterocycles. The molecule has 1 fully saturated rings. The highest BCUT2D eigenvalue weighted by Crippen LogP contribution is 2.41. The highest BCUT2D eigenvalue weighted by Gasteiger charge is 2.41. The number of carbonyl (C=O) groups is 1. The lowest BCUT2D eigenvalue weighted by atomic mass is 9.82. The van der Waals surface area contributed by atoms with E-state index in [1.165, 1.54) is 0 Å². The third-order valence-electron chi connectivity index (χ3n) is 3.11. The van der Waals surface area contributed by atoms with Crippen LogP contribution in [-0.2, 0) is 11.2 Å². The van der Waals surface area contributed by atoms with Crippen molar-refractivity contribution in [2.45, 2.75) is 32.1 Å². The highest BCUT2D eigenvalue weighted by atomic mass is 16.4. The van der Waals surface area contributed by atoms with Gasteiger partial charge in [-0.3, -0.25) is 4.79 Å². The number of rotatable bonds is 3. The van der Waals surface area contributed by atoms with Gasteiger partial charge in [0, 0.05) is 6.42 Å². The fourth-order valence-electron chi connectivity index (χ4n) is 2.26. The van der Waals surface area contributed by atoms with Gasteiger partial charge in [0.1, 0.15) is 5.76 Å². The molecule has 2 rings (SSSR count). The zero-order chi connectivity index (χ0) is 10.0. The van der Waals surface area contributed by atoms with E-state index in [0.29, 0.717) is 6.42 Å². The van der Waals surface area contributed by atoms with E-state index in [4.69, 9.17) is 4.42 Å². The Balaban J connectivity index is 2.16. The number of aliphatic carboxylic acids is 1. The molecular formula is C11H14O3. The Hall–Kier alpha value is -1.25. The summed E-state index contributed by atoms with van der Waals surface area (Å²) in [5.41, 5.74) is -0.558. The van der Waals surface area contributed by atoms with Crippen LogP contribution in [0.5, 0.6) is 0 Å². The first-order valence-corrected chi connectivity index (χ1v) is 4.99. The Morgan fingerprint density at radius 1 is 1.50 bits per heavy atom. The van der Waals surface area contributed by atoms with Gasteiger partial charge in [0.2, 0.25) is 0 Å². The average Bonchev–Trinajstić information content (AvgIpc) is 2.76. The summed E-state index contributed by atoms with van der Waals surface area (Å²) in [4.78, 5) is 11.2. The smallest absolute Gasteiger partial charge is 0.310 e. The molecule has 1 saturated carbocycles. The maximum absolute atomic E-state index is 11.2. The number of hydrogen-bond donors (Lipinski definition) is 1. The molecule has 1 aliphatic carbocycles. The molecule has 1 aromatic heterocycles. The summed E-state index contributed by atoms with van der Waals surface area (Å²) >= 11 is 0. The molecular weight excluding hydrogens is 180 g/mol. The van der Waals surface area contributed by atoms with Gasteiger partial charge in [0.15, 0.2) is 0 Å². The molecule has 1 aromatic rings. The van der Waals surface area contributed by atoms with Crippen LogP contribution in [0.3, 0.4) is 0 Å². The Labute approximate surface area is 82.7 Å². The maximum atomic E-state index is 11.2. The first-order valence-electron chi connectivity index (χ1n) is 4.99. The van der Waals surface area contributed by atoms with Crippen LogP contribution in [0.4, 0.5) is 0 Å². The molecule has 76 valence electrons. The zero-order valence-corrected chi connectivity index (χ0v) is 8.03. The van der Waals surface area contributed by atoms with Crippen molar-refractivity contribution in [3.05, 3.63) is 24.2 Å². The molecule has 3 heteroatoms. The van der Waals surface area contributed by atoms with Gasteiger partial charge in [-0.25, -0.2) is 0 Å². The first kappa shape index (κ1) is 9.31. The molecule has 0 unspecified atom stereocenters. The molecule has 1 heterocycles. The molecule has 1 aliphatic rings. The van der Waals surface area contributed by atoms with Crippen molar-refractivity contribution in [3.63, 3.8) is 0 Å². The molecule has 0 aliphatic heterocycles. The Kier molecular flexibility index (Phi) is 2.32. The van der Waals surface area contributed by atoms with Crippen molar-refractivity contribution < 1.29 is 14.3 Å². The van der Waals surface area contributed by atoms with Crippen molar-refractivity contribution >= 4 is 5.97 Å². The Bertz CT molecular complexity index is 307. The zero-order valence-electron chi connectivity index (χ0n) is 8.03. The summed E-state index contributed by atoms with van der Waals surface area (Å²) in [5.74, 6) is 0.112. The van der Waals surface area contributed by atoms with E-state index in [9.17, 15) is 9.90 Å². The van der Waals surface area contributed by atoms with Gasteiger partial charge in [-0.1, -0.05) is 12.8 Å². The van der Waals surface area contributed by atoms with Gasteiger partial charge >= 0.3 is 5.97 Å². The largest absolute Gasteiger partial charge is 0.481 e. The van der Waals surface area contributed by atoms with Gasteiger partial charge in [-0.15, -0.1) is 0 Å². The summed E-state index contributed by atoms with van der Waals surface area (Å²) < 4.78 is 5.21. The predicted octanol–water partition coefficient (Wildman–Crippen LogP) is 2.47. The fraction of sp³-hybridized carbons (Fsp3) is 0.545. The summed E-state index contributed by atoms with van der Waals surface area (Å²) in [6.07, 6.45) is 5.74. The van der Waals surface area contributed by atoms with E-state index in [-0.39, 0.29) is 0 Å². The van der Waals surface area contributed by atoms with Crippen LogP contribution in [0.2, 0.25) is 0 Å². The van der Waals surface area contributed by atoms with E-state index >= 15 is 0 Å². The molecule has 0 spiro atoms. The fourth-order valence-corrected chi connectivity index (χ4v) is 2.26. The lowest BCUT2D eigenvalue weighted by Crippen LogP contribution is -2.29. The SMILES string of the molecule is O=C(O)C1(Cc2ccco2)CCCC1. The summed E-state index contributed by atoms with van der Waals surface area (Å²) in [7, 11) is 0. The van der Waals surface area contributed by atoms with Gasteiger partial charge in [-0.2, -0.15) is 0 Å². The Morgan fingerprint density at radius 2 is 2.21 bits per heavy atom. The topological polar surface area (TPSA) is 50.4 Å². The highest BCUT2D eigenvalue weighted by molar-refractivity contribution is 5.75. The molecule has 0 amide bonds. The number of furan rings is 1. The minimum Gasteiger partial charge on any atom is -0.481 e.